The normalized spacial score (nSPS) is 24.9. The molecular weight excluding hydrogens is 656 g/mol. The van der Waals surface area contributed by atoms with Crippen LogP contribution in [0, 0.1) is 23.7 Å². The minimum atomic E-state index is -2.82. The first-order chi connectivity index (χ1) is 16.0. The van der Waals surface area contributed by atoms with Crippen LogP contribution in [0.4, 0.5) is 0 Å². The number of carbonyl (C=O) groups excluding carboxylic acids is 1. The molecule has 4 unspecified atom stereocenters. The van der Waals surface area contributed by atoms with Crippen molar-refractivity contribution in [1.82, 2.24) is 3.30 Å². The third kappa shape index (κ3) is 5.51. The van der Waals surface area contributed by atoms with Crippen molar-refractivity contribution >= 4 is 22.3 Å². The molecule has 185 valence electrons. The third-order valence-electron chi connectivity index (χ3n) is 8.82. The Morgan fingerprint density at radius 2 is 1.43 bits per heavy atom. The molecule has 2 aromatic rings. The zero-order valence-electron chi connectivity index (χ0n) is 21.2. The van der Waals surface area contributed by atoms with Gasteiger partial charge in [0.25, 0.3) is 0 Å². The Balaban J connectivity index is 0.00000171. The zero-order valence-corrected chi connectivity index (χ0v) is 27.4. The van der Waals surface area contributed by atoms with Crippen LogP contribution in [0.1, 0.15) is 53.4 Å². The number of hydrogen-bond donors (Lipinski definition) is 1. The molecule has 0 radical (unpaired) electrons. The van der Waals surface area contributed by atoms with E-state index in [1.54, 1.807) is 3.33 Å². The molecule has 6 heteroatoms. The second-order valence-corrected chi connectivity index (χ2v) is 29.5. The van der Waals surface area contributed by atoms with Crippen LogP contribution in [0.5, 0.6) is 0 Å². The standard InChI is InChI=1S/C12H11Si.C9H13.C8H13NO.2ClH.Hf/c1-3-7-11(8-4-1)13-12-9-5-2-6-10-12;1-6-5-7(2)9(4)8(6)3;9-8(10)7-4-5-1-2-6(7)3-5;;;/h1-10,13H;6H,1-4H3;5-7H,1-4H2,(H2,9,10);2*1H;/q;;;;;+3/p-3. The van der Waals surface area contributed by atoms with Crippen LogP contribution in [0.15, 0.2) is 80.7 Å². The Bertz CT molecular complexity index is 1060. The molecule has 2 bridgehead atoms. The first kappa shape index (κ1) is 28.6. The summed E-state index contributed by atoms with van der Waals surface area (Å²) in [4.78, 5) is 13.9. The number of nitrogens with one attached hydrogen (secondary N) is 1. The molecule has 2 saturated carbocycles. The first-order valence-corrected chi connectivity index (χ1v) is 24.2. The van der Waals surface area contributed by atoms with Gasteiger partial charge in [0.2, 0.25) is 0 Å². The van der Waals surface area contributed by atoms with Crippen molar-refractivity contribution in [3.05, 3.63) is 80.7 Å². The van der Waals surface area contributed by atoms with Crippen LogP contribution in [0.3, 0.4) is 0 Å². The summed E-state index contributed by atoms with van der Waals surface area (Å²) in [5.74, 6) is 0.997. The molecule has 0 aromatic heterocycles. The Hall–Kier alpha value is -0.943. The summed E-state index contributed by atoms with van der Waals surface area (Å²) in [6, 6.07) is 22.3. The molecule has 3 aliphatic carbocycles. The molecule has 35 heavy (non-hydrogen) atoms. The minimum Gasteiger partial charge on any atom is -1.00 e. The van der Waals surface area contributed by atoms with Crippen molar-refractivity contribution in [3.8, 4) is 0 Å². The molecule has 5 rings (SSSR count). The van der Waals surface area contributed by atoms with Gasteiger partial charge in [0.1, 0.15) is 0 Å². The maximum atomic E-state index is 13.9. The van der Waals surface area contributed by atoms with Crippen LogP contribution >= 0.6 is 0 Å². The van der Waals surface area contributed by atoms with Gasteiger partial charge in [0.05, 0.1) is 0 Å². The van der Waals surface area contributed by atoms with Crippen LogP contribution in [0.2, 0.25) is 0 Å². The van der Waals surface area contributed by atoms with Crippen molar-refractivity contribution < 1.29 is 50.5 Å². The van der Waals surface area contributed by atoms with Crippen LogP contribution in [-0.4, -0.2) is 11.9 Å². The van der Waals surface area contributed by atoms with Gasteiger partial charge in [-0.3, -0.25) is 0 Å². The van der Waals surface area contributed by atoms with E-state index in [1.807, 2.05) is 0 Å². The molecule has 2 fully saturated rings. The summed E-state index contributed by atoms with van der Waals surface area (Å²) in [6.07, 6.45) is 5.02. The second kappa shape index (κ2) is 12.1. The van der Waals surface area contributed by atoms with E-state index >= 15 is 0 Å². The number of hydrogen-bond acceptors (Lipinski definition) is 1. The molecule has 1 N–H and O–H groups in total. The van der Waals surface area contributed by atoms with E-state index < -0.39 is 26.9 Å². The van der Waals surface area contributed by atoms with Gasteiger partial charge in [-0.2, -0.15) is 0 Å². The second-order valence-electron chi connectivity index (χ2n) is 10.5. The van der Waals surface area contributed by atoms with E-state index in [4.69, 9.17) is 0 Å². The fourth-order valence-electron chi connectivity index (χ4n) is 6.70. The van der Waals surface area contributed by atoms with Gasteiger partial charge in [-0.25, -0.2) is 0 Å². The van der Waals surface area contributed by atoms with E-state index in [-0.39, 0.29) is 30.7 Å². The third-order valence-corrected chi connectivity index (χ3v) is 35.5. The summed E-state index contributed by atoms with van der Waals surface area (Å²) >= 11 is -2.82. The Morgan fingerprint density at radius 3 is 1.86 bits per heavy atom. The van der Waals surface area contributed by atoms with Crippen LogP contribution in [-0.2, 0) is 25.7 Å². The van der Waals surface area contributed by atoms with Gasteiger partial charge in [0, 0.05) is 0 Å². The number of allylic oxidation sites excluding steroid dienone is 4. The van der Waals surface area contributed by atoms with E-state index in [0.29, 0.717) is 17.7 Å². The molecule has 0 saturated heterocycles. The summed E-state index contributed by atoms with van der Waals surface area (Å²) < 4.78 is 5.60. The monoisotopic (exact) mass is 692 g/mol. The van der Waals surface area contributed by atoms with Crippen molar-refractivity contribution in [2.75, 3.05) is 0 Å². The number of rotatable bonds is 6. The quantitative estimate of drug-likeness (QED) is 0.383. The zero-order chi connectivity index (χ0) is 23.1. The molecule has 1 amide bonds. The number of benzene rings is 2. The SMILES string of the molecule is CC1=C(C)C(C)[C]([Hf+2]([NH]C(=O)C2CC3CCC2C3)[SiH](c2ccccc2)c2ccccc2)=C1C.[Cl-].[Cl-]. The first-order valence-electron chi connectivity index (χ1n) is 12.6. The number of fused-ring (bicyclic) bond motifs is 2. The minimum absolute atomic E-state index is 0. The van der Waals surface area contributed by atoms with E-state index in [0.717, 1.165) is 12.3 Å². The van der Waals surface area contributed by atoms with Gasteiger partial charge >= 0.3 is 209 Å². The summed E-state index contributed by atoms with van der Waals surface area (Å²) in [7, 11) is 0. The van der Waals surface area contributed by atoms with Gasteiger partial charge < -0.3 is 24.8 Å². The summed E-state index contributed by atoms with van der Waals surface area (Å²) in [6.45, 7) is 9.31. The van der Waals surface area contributed by atoms with Gasteiger partial charge in [-0.15, -0.1) is 0 Å². The fraction of sp³-hybridized carbons (Fsp3) is 0.414. The molecular formula is C29H36Cl2HfNOSi. The van der Waals surface area contributed by atoms with Crippen LogP contribution in [0.25, 0.3) is 0 Å². The largest absolute Gasteiger partial charge is 1.00 e. The maximum absolute atomic E-state index is 13.9. The molecule has 0 spiro atoms. The molecule has 2 nitrogen and oxygen atoms in total. The van der Waals surface area contributed by atoms with Crippen molar-refractivity contribution in [3.63, 3.8) is 0 Å². The molecule has 3 aliphatic rings. The molecule has 0 heterocycles. The fourth-order valence-corrected chi connectivity index (χ4v) is 37.3. The average Bonchev–Trinajstić information content (AvgIpc) is 3.52. The molecule has 2 aromatic carbocycles. The topological polar surface area (TPSA) is 29.1 Å². The predicted octanol–water partition coefficient (Wildman–Crippen LogP) is -1.12. The molecule has 0 aliphatic heterocycles. The Morgan fingerprint density at radius 1 is 0.857 bits per heavy atom. The smallest absolute Gasteiger partial charge is 1.00 e. The number of carbonyl (C=O) groups is 1. The van der Waals surface area contributed by atoms with E-state index in [2.05, 4.69) is 91.7 Å². The maximum Gasteiger partial charge on any atom is -1.00 e. The van der Waals surface area contributed by atoms with Crippen molar-refractivity contribution in [1.29, 1.82) is 0 Å². The number of halogens is 2. The van der Waals surface area contributed by atoms with E-state index in [1.165, 1.54) is 46.4 Å². The Labute approximate surface area is 232 Å². The van der Waals surface area contributed by atoms with Crippen molar-refractivity contribution in [2.24, 2.45) is 23.7 Å². The van der Waals surface area contributed by atoms with Gasteiger partial charge in [-0.1, -0.05) is 0 Å². The van der Waals surface area contributed by atoms with E-state index in [9.17, 15) is 4.79 Å². The predicted molar refractivity (Wildman–Crippen MR) is 137 cm³/mol. The molecule has 4 atom stereocenters. The van der Waals surface area contributed by atoms with Crippen molar-refractivity contribution in [2.45, 2.75) is 53.4 Å². The summed E-state index contributed by atoms with van der Waals surface area (Å²) in [5, 5.41) is 2.99. The Kier molecular flexibility index (Phi) is 9.87. The summed E-state index contributed by atoms with van der Waals surface area (Å²) in [5.41, 5.74) is 4.45. The van der Waals surface area contributed by atoms with Gasteiger partial charge in [0.15, 0.2) is 0 Å². The number of amides is 1. The van der Waals surface area contributed by atoms with Crippen LogP contribution < -0.4 is 38.5 Å². The average molecular weight is 692 g/mol. The van der Waals surface area contributed by atoms with Gasteiger partial charge in [-0.05, 0) is 0 Å².